The number of hydrogen-bond donors (Lipinski definition) is 1. The molecule has 0 fully saturated rings. The highest BCUT2D eigenvalue weighted by Crippen LogP contribution is 2.51. The van der Waals surface area contributed by atoms with Crippen LogP contribution in [0.3, 0.4) is 0 Å². The minimum absolute atomic E-state index is 0.0800. The molecule has 0 radical (unpaired) electrons. The van der Waals surface area contributed by atoms with Crippen molar-refractivity contribution in [2.75, 3.05) is 29.5 Å². The number of halogens is 2. The third-order valence-corrected chi connectivity index (χ3v) is 8.88. The number of nitrogens with zero attached hydrogens (tertiary/aromatic N) is 1. The first kappa shape index (κ1) is 24.8. The molecule has 0 unspecified atom stereocenters. The molecule has 0 saturated heterocycles. The van der Waals surface area contributed by atoms with Gasteiger partial charge in [-0.3, -0.25) is 8.87 Å². The lowest BCUT2D eigenvalue weighted by Gasteiger charge is -2.29. The highest BCUT2D eigenvalue weighted by atomic mass is 35.5. The van der Waals surface area contributed by atoms with Gasteiger partial charge in [-0.1, -0.05) is 47.5 Å². The van der Waals surface area contributed by atoms with Crippen molar-refractivity contribution in [1.29, 1.82) is 0 Å². The van der Waals surface area contributed by atoms with Crippen LogP contribution in [0.15, 0.2) is 59.5 Å². The predicted molar refractivity (Wildman–Crippen MR) is 130 cm³/mol. The average Bonchev–Trinajstić information content (AvgIpc) is 2.72. The van der Waals surface area contributed by atoms with Gasteiger partial charge >= 0.3 is 7.60 Å². The summed E-state index contributed by atoms with van der Waals surface area (Å²) < 4.78 is 52.8. The van der Waals surface area contributed by atoms with Crippen LogP contribution in [0, 0.1) is 0 Å². The molecule has 0 aliphatic rings. The average molecular weight is 517 g/mol. The smallest absolute Gasteiger partial charge is 0.350 e. The van der Waals surface area contributed by atoms with Crippen molar-refractivity contribution in [1.82, 2.24) is 0 Å². The van der Waals surface area contributed by atoms with E-state index in [1.54, 1.807) is 50.2 Å². The van der Waals surface area contributed by atoms with Gasteiger partial charge in [-0.2, -0.15) is 0 Å². The number of nitrogens with two attached hydrogens (primary N) is 1. The standard InChI is InChI=1S/C21H23Cl2N2O5PS/c1-3-29-31(26,30-4-2)14-25(32(27,28)17-12-15(22)11-16(23)13-17)21-10-6-7-18-19(21)8-5-9-20(18)24/h5-13H,3-4,14,24H2,1-2H3. The summed E-state index contributed by atoms with van der Waals surface area (Å²) in [5.41, 5.74) is 6.85. The lowest BCUT2D eigenvalue weighted by molar-refractivity contribution is 0.221. The van der Waals surface area contributed by atoms with Crippen LogP contribution in [-0.2, 0) is 23.6 Å². The van der Waals surface area contributed by atoms with E-state index in [-0.39, 0.29) is 33.8 Å². The third kappa shape index (κ3) is 5.22. The fraction of sp³-hybridized carbons (Fsp3) is 0.238. The third-order valence-electron chi connectivity index (χ3n) is 4.58. The van der Waals surface area contributed by atoms with Gasteiger partial charge in [-0.15, -0.1) is 0 Å². The van der Waals surface area contributed by atoms with Crippen molar-refractivity contribution in [2.24, 2.45) is 0 Å². The molecular formula is C21H23Cl2N2O5PS. The fourth-order valence-electron chi connectivity index (χ4n) is 3.29. The maximum Gasteiger partial charge on any atom is 0.350 e. The van der Waals surface area contributed by atoms with Crippen LogP contribution in [0.5, 0.6) is 0 Å². The van der Waals surface area contributed by atoms with E-state index in [1.165, 1.54) is 18.2 Å². The monoisotopic (exact) mass is 516 g/mol. The van der Waals surface area contributed by atoms with E-state index in [4.69, 9.17) is 38.0 Å². The second kappa shape index (κ2) is 10.00. The van der Waals surface area contributed by atoms with Crippen molar-refractivity contribution in [3.63, 3.8) is 0 Å². The normalized spacial score (nSPS) is 12.2. The highest BCUT2D eigenvalue weighted by molar-refractivity contribution is 7.93. The second-order valence-electron chi connectivity index (χ2n) is 6.77. The quantitative estimate of drug-likeness (QED) is 0.270. The van der Waals surface area contributed by atoms with E-state index < -0.39 is 23.9 Å². The van der Waals surface area contributed by atoms with E-state index in [2.05, 4.69) is 0 Å². The summed E-state index contributed by atoms with van der Waals surface area (Å²) in [6, 6.07) is 14.2. The van der Waals surface area contributed by atoms with Crippen LogP contribution in [0.25, 0.3) is 10.8 Å². The Bertz CT molecular complexity index is 1260. The Morgan fingerprint density at radius 3 is 2.09 bits per heavy atom. The fourth-order valence-corrected chi connectivity index (χ4v) is 7.69. The molecule has 0 saturated carbocycles. The van der Waals surface area contributed by atoms with Gasteiger partial charge in [0.25, 0.3) is 10.0 Å². The van der Waals surface area contributed by atoms with Gasteiger partial charge in [-0.25, -0.2) is 8.42 Å². The maximum atomic E-state index is 13.8. The Morgan fingerprint density at radius 2 is 1.50 bits per heavy atom. The van der Waals surface area contributed by atoms with Crippen LogP contribution >= 0.6 is 30.8 Å². The number of sulfonamides is 1. The van der Waals surface area contributed by atoms with E-state index >= 15 is 0 Å². The summed E-state index contributed by atoms with van der Waals surface area (Å²) in [4.78, 5) is -0.157. The van der Waals surface area contributed by atoms with Gasteiger partial charge in [0, 0.05) is 26.5 Å². The van der Waals surface area contributed by atoms with Crippen molar-refractivity contribution in [3.05, 3.63) is 64.6 Å². The summed E-state index contributed by atoms with van der Waals surface area (Å²) >= 11 is 12.1. The van der Waals surface area contributed by atoms with Gasteiger partial charge in [0.2, 0.25) is 0 Å². The molecule has 3 rings (SSSR count). The Balaban J connectivity index is 2.28. The minimum atomic E-state index is -4.28. The Kier molecular flexibility index (Phi) is 7.76. The van der Waals surface area contributed by atoms with Crippen molar-refractivity contribution >= 4 is 63.0 Å². The molecule has 2 N–H and O–H groups in total. The molecule has 0 aliphatic heterocycles. The lowest BCUT2D eigenvalue weighted by atomic mass is 10.1. The van der Waals surface area contributed by atoms with E-state index in [0.29, 0.717) is 16.5 Å². The second-order valence-corrected chi connectivity index (χ2v) is 11.5. The molecule has 0 spiro atoms. The summed E-state index contributed by atoms with van der Waals surface area (Å²) in [5, 5.41) is 1.51. The Labute approximate surface area is 197 Å². The maximum absolute atomic E-state index is 13.8. The number of fused-ring (bicyclic) bond motifs is 1. The van der Waals surface area contributed by atoms with Gasteiger partial charge in [0.05, 0.1) is 23.8 Å². The predicted octanol–water partition coefficient (Wildman–Crippen LogP) is 6.15. The number of nitrogen functional groups attached to an aromatic ring is 1. The van der Waals surface area contributed by atoms with Gasteiger partial charge in [0.15, 0.2) is 0 Å². The molecule has 0 aliphatic carbocycles. The SMILES string of the molecule is CCOP(=O)(CN(c1cccc2c(N)cccc12)S(=O)(=O)c1cc(Cl)cc(Cl)c1)OCC. The van der Waals surface area contributed by atoms with Gasteiger partial charge in [-0.05, 0) is 44.2 Å². The number of anilines is 2. The van der Waals surface area contributed by atoms with E-state index in [9.17, 15) is 13.0 Å². The van der Waals surface area contributed by atoms with Gasteiger partial charge in [0.1, 0.15) is 6.29 Å². The first-order chi connectivity index (χ1) is 15.1. The topological polar surface area (TPSA) is 98.9 Å². The first-order valence-electron chi connectivity index (χ1n) is 9.75. The number of benzene rings is 3. The molecule has 0 amide bonds. The molecular weight excluding hydrogens is 494 g/mol. The lowest BCUT2D eigenvalue weighted by Crippen LogP contribution is -2.33. The highest BCUT2D eigenvalue weighted by Gasteiger charge is 2.36. The molecule has 32 heavy (non-hydrogen) atoms. The van der Waals surface area contributed by atoms with Crippen LogP contribution in [-0.4, -0.2) is 27.9 Å². The molecule has 0 atom stereocenters. The summed E-state index contributed by atoms with van der Waals surface area (Å²) in [7, 11) is -8.10. The first-order valence-corrected chi connectivity index (χ1v) is 13.7. The largest absolute Gasteiger partial charge is 0.398 e. The zero-order valence-corrected chi connectivity index (χ0v) is 20.7. The molecule has 0 aromatic heterocycles. The van der Waals surface area contributed by atoms with Crippen LogP contribution in [0.4, 0.5) is 11.4 Å². The van der Waals surface area contributed by atoms with Gasteiger partial charge < -0.3 is 14.8 Å². The number of hydrogen-bond acceptors (Lipinski definition) is 6. The zero-order valence-electron chi connectivity index (χ0n) is 17.5. The summed E-state index contributed by atoms with van der Waals surface area (Å²) in [6.45, 7) is 3.47. The van der Waals surface area contributed by atoms with Crippen molar-refractivity contribution in [2.45, 2.75) is 18.7 Å². The molecule has 3 aromatic carbocycles. The number of rotatable bonds is 9. The molecule has 7 nitrogen and oxygen atoms in total. The molecule has 0 bridgehead atoms. The van der Waals surface area contributed by atoms with Crippen LogP contribution in [0.1, 0.15) is 13.8 Å². The van der Waals surface area contributed by atoms with Crippen LogP contribution < -0.4 is 10.0 Å². The molecule has 3 aromatic rings. The van der Waals surface area contributed by atoms with E-state index in [0.717, 1.165) is 4.31 Å². The molecule has 172 valence electrons. The Hall–Kier alpha value is -1.80. The molecule has 11 heteroatoms. The van der Waals surface area contributed by atoms with Crippen molar-refractivity contribution in [3.8, 4) is 0 Å². The Morgan fingerprint density at radius 1 is 0.938 bits per heavy atom. The van der Waals surface area contributed by atoms with E-state index in [1.807, 2.05) is 0 Å². The zero-order chi connectivity index (χ0) is 23.5. The van der Waals surface area contributed by atoms with Crippen LogP contribution in [0.2, 0.25) is 10.0 Å². The molecule has 0 heterocycles. The van der Waals surface area contributed by atoms with Crippen molar-refractivity contribution < 1.29 is 22.0 Å². The summed E-state index contributed by atoms with van der Waals surface area (Å²) in [5.74, 6) is 0. The minimum Gasteiger partial charge on any atom is -0.398 e. The summed E-state index contributed by atoms with van der Waals surface area (Å²) in [6.07, 6.45) is -0.547.